The van der Waals surface area contributed by atoms with Gasteiger partial charge in [-0.2, -0.15) is 0 Å². The van der Waals surface area contributed by atoms with E-state index in [2.05, 4.69) is 6.08 Å². The van der Waals surface area contributed by atoms with Gasteiger partial charge in [-0.05, 0) is 83.5 Å². The normalized spacial score (nSPS) is 17.6. The van der Waals surface area contributed by atoms with Crippen molar-refractivity contribution >= 4 is 29.2 Å². The first-order chi connectivity index (χ1) is 19.9. The lowest BCUT2D eigenvalue weighted by Crippen LogP contribution is -2.39. The third-order valence-electron chi connectivity index (χ3n) is 7.40. The highest BCUT2D eigenvalue weighted by atomic mass is 32.1. The van der Waals surface area contributed by atoms with Gasteiger partial charge in [0.1, 0.15) is 11.5 Å². The van der Waals surface area contributed by atoms with E-state index in [1.54, 1.807) is 37.0 Å². The summed E-state index contributed by atoms with van der Waals surface area (Å²) in [6.45, 7) is 0. The number of hydrogen-bond acceptors (Lipinski definition) is 7. The largest absolute Gasteiger partial charge is 0.497 e. The summed E-state index contributed by atoms with van der Waals surface area (Å²) in [4.78, 5) is 30.5. The highest BCUT2D eigenvalue weighted by Gasteiger charge is 2.32. The molecule has 0 spiro atoms. The molecule has 41 heavy (non-hydrogen) atoms. The van der Waals surface area contributed by atoms with Gasteiger partial charge in [0.15, 0.2) is 4.80 Å². The first-order valence-electron chi connectivity index (χ1n) is 13.2. The molecule has 0 saturated heterocycles. The van der Waals surface area contributed by atoms with Gasteiger partial charge in [-0.15, -0.1) is 0 Å². The molecule has 0 bridgehead atoms. The number of benzene rings is 3. The number of thiazole rings is 1. The minimum absolute atomic E-state index is 0.0218. The highest BCUT2D eigenvalue weighted by Crippen LogP contribution is 2.41. The van der Waals surface area contributed by atoms with E-state index in [1.807, 2.05) is 48.5 Å². The molecule has 2 heterocycles. The molecule has 4 aromatic rings. The van der Waals surface area contributed by atoms with Gasteiger partial charge in [-0.3, -0.25) is 19.5 Å². The second-order valence-electron chi connectivity index (χ2n) is 9.88. The van der Waals surface area contributed by atoms with Crippen LogP contribution in [0.5, 0.6) is 11.5 Å². The summed E-state index contributed by atoms with van der Waals surface area (Å²) in [5.74, 6) is 1.54. The Labute approximate surface area is 240 Å². The standard InChI is InChI=1S/C32H27N3O5S/c1-39-25-13-9-20(10-14-25)17-23-6-4-8-27-29(23)33-32-34(30(27)22-11-15-26(40-2)16-12-22)31(36)28(41-32)19-21-5-3-7-24(18-21)35(37)38/h3,5,7,9-19,30H,4,6,8H2,1-2H3/b23-17+,28-19-/t30-/m0/s1. The molecule has 0 N–H and O–H groups in total. The fraction of sp³-hybridized carbons (Fsp3) is 0.188. The van der Waals surface area contributed by atoms with E-state index in [1.165, 1.54) is 23.5 Å². The third-order valence-corrected chi connectivity index (χ3v) is 8.38. The van der Waals surface area contributed by atoms with Crippen molar-refractivity contribution < 1.29 is 14.4 Å². The van der Waals surface area contributed by atoms with Gasteiger partial charge in [0, 0.05) is 12.1 Å². The van der Waals surface area contributed by atoms with Gasteiger partial charge in [-0.1, -0.05) is 47.7 Å². The van der Waals surface area contributed by atoms with Crippen molar-refractivity contribution in [1.29, 1.82) is 0 Å². The third kappa shape index (κ3) is 5.12. The maximum absolute atomic E-state index is 13.9. The van der Waals surface area contributed by atoms with Crippen LogP contribution < -0.4 is 24.4 Å². The lowest BCUT2D eigenvalue weighted by atomic mass is 9.84. The molecular weight excluding hydrogens is 538 g/mol. The molecule has 9 heteroatoms. The zero-order chi connectivity index (χ0) is 28.5. The van der Waals surface area contributed by atoms with Crippen LogP contribution in [0.4, 0.5) is 5.69 Å². The van der Waals surface area contributed by atoms with E-state index in [0.717, 1.165) is 58.7 Å². The molecular formula is C32H27N3O5S. The van der Waals surface area contributed by atoms with Gasteiger partial charge in [0.2, 0.25) is 0 Å². The summed E-state index contributed by atoms with van der Waals surface area (Å²) >= 11 is 1.30. The van der Waals surface area contributed by atoms with Crippen LogP contribution >= 0.6 is 11.3 Å². The Morgan fingerprint density at radius 3 is 2.34 bits per heavy atom. The van der Waals surface area contributed by atoms with Crippen LogP contribution in [-0.4, -0.2) is 23.7 Å². The minimum atomic E-state index is -0.437. The number of fused-ring (bicyclic) bond motifs is 1. The van der Waals surface area contributed by atoms with E-state index in [-0.39, 0.29) is 17.3 Å². The van der Waals surface area contributed by atoms with Crippen LogP contribution in [0, 0.1) is 10.1 Å². The second kappa shape index (κ2) is 11.0. The number of nitro benzene ring substituents is 1. The molecule has 6 rings (SSSR count). The molecule has 3 aromatic carbocycles. The fourth-order valence-corrected chi connectivity index (χ4v) is 6.42. The highest BCUT2D eigenvalue weighted by molar-refractivity contribution is 7.07. The summed E-state index contributed by atoms with van der Waals surface area (Å²) in [6, 6.07) is 21.7. The Morgan fingerprint density at radius 1 is 0.951 bits per heavy atom. The van der Waals surface area contributed by atoms with Crippen molar-refractivity contribution in [1.82, 2.24) is 4.57 Å². The summed E-state index contributed by atoms with van der Waals surface area (Å²) in [7, 11) is 3.28. The van der Waals surface area contributed by atoms with E-state index >= 15 is 0 Å². The van der Waals surface area contributed by atoms with Crippen LogP contribution in [0.25, 0.3) is 12.2 Å². The number of ether oxygens (including phenoxy) is 2. The molecule has 1 aromatic heterocycles. The Hall–Kier alpha value is -4.76. The second-order valence-corrected chi connectivity index (χ2v) is 10.9. The van der Waals surface area contributed by atoms with Crippen molar-refractivity contribution in [3.63, 3.8) is 0 Å². The van der Waals surface area contributed by atoms with Gasteiger partial charge in [0.05, 0.1) is 35.4 Å². The van der Waals surface area contributed by atoms with Crippen LogP contribution in [0.3, 0.4) is 0 Å². The number of aromatic nitrogens is 1. The molecule has 0 saturated carbocycles. The minimum Gasteiger partial charge on any atom is -0.497 e. The summed E-state index contributed by atoms with van der Waals surface area (Å²) < 4.78 is 12.9. The SMILES string of the molecule is COc1ccc(/C=C2\CCCC3=C2N=c2s/c(=C\c4cccc([N+](=O)[O-])c4)c(=O)n2[C@H]3c2ccc(OC)cc2)cc1. The van der Waals surface area contributed by atoms with Gasteiger partial charge in [-0.25, -0.2) is 4.99 Å². The first kappa shape index (κ1) is 26.5. The molecule has 8 nitrogen and oxygen atoms in total. The fourth-order valence-electron chi connectivity index (χ4n) is 5.42. The number of allylic oxidation sites excluding steroid dienone is 2. The summed E-state index contributed by atoms with van der Waals surface area (Å²) in [5.41, 5.74) is 5.60. The molecule has 0 unspecified atom stereocenters. The predicted molar refractivity (Wildman–Crippen MR) is 159 cm³/mol. The van der Waals surface area contributed by atoms with Crippen molar-refractivity contribution in [3.8, 4) is 11.5 Å². The maximum atomic E-state index is 13.9. The van der Waals surface area contributed by atoms with E-state index in [4.69, 9.17) is 14.5 Å². The van der Waals surface area contributed by atoms with Gasteiger partial charge < -0.3 is 9.47 Å². The van der Waals surface area contributed by atoms with Crippen LogP contribution in [0.2, 0.25) is 0 Å². The number of rotatable bonds is 6. The molecule has 0 amide bonds. The Morgan fingerprint density at radius 2 is 1.66 bits per heavy atom. The lowest BCUT2D eigenvalue weighted by molar-refractivity contribution is -0.384. The van der Waals surface area contributed by atoms with Gasteiger partial charge in [0.25, 0.3) is 11.2 Å². The van der Waals surface area contributed by atoms with E-state index < -0.39 is 4.92 Å². The van der Waals surface area contributed by atoms with Crippen LogP contribution in [0.15, 0.2) is 99.4 Å². The molecule has 1 aliphatic carbocycles. The number of methoxy groups -OCH3 is 2. The van der Waals surface area contributed by atoms with Crippen LogP contribution in [-0.2, 0) is 0 Å². The average Bonchev–Trinajstić information content (AvgIpc) is 3.31. The molecule has 2 aliphatic rings. The smallest absolute Gasteiger partial charge is 0.271 e. The van der Waals surface area contributed by atoms with E-state index in [9.17, 15) is 14.9 Å². The predicted octanol–water partition coefficient (Wildman–Crippen LogP) is 5.41. The number of nitrogens with zero attached hydrogens (tertiary/aromatic N) is 3. The maximum Gasteiger partial charge on any atom is 0.271 e. The monoisotopic (exact) mass is 565 g/mol. The van der Waals surface area contributed by atoms with Crippen molar-refractivity contribution in [2.75, 3.05) is 14.2 Å². The quantitative estimate of drug-likeness (QED) is 0.230. The first-order valence-corrected chi connectivity index (χ1v) is 14.0. The van der Waals surface area contributed by atoms with Crippen LogP contribution in [0.1, 0.15) is 42.0 Å². The Bertz CT molecular complexity index is 1880. The lowest BCUT2D eigenvalue weighted by Gasteiger charge is -2.31. The molecule has 0 radical (unpaired) electrons. The zero-order valence-electron chi connectivity index (χ0n) is 22.6. The van der Waals surface area contributed by atoms with Crippen molar-refractivity contribution in [2.24, 2.45) is 4.99 Å². The Balaban J connectivity index is 1.54. The average molecular weight is 566 g/mol. The van der Waals surface area contributed by atoms with E-state index in [0.29, 0.717) is 14.9 Å². The molecule has 206 valence electrons. The zero-order valence-corrected chi connectivity index (χ0v) is 23.4. The molecule has 1 atom stereocenters. The summed E-state index contributed by atoms with van der Waals surface area (Å²) in [5, 5.41) is 11.3. The number of hydrogen-bond donors (Lipinski definition) is 0. The number of nitro groups is 1. The summed E-state index contributed by atoms with van der Waals surface area (Å²) in [6.07, 6.45) is 6.52. The Kier molecular flexibility index (Phi) is 7.11. The van der Waals surface area contributed by atoms with Crippen molar-refractivity contribution in [2.45, 2.75) is 25.3 Å². The van der Waals surface area contributed by atoms with Crippen molar-refractivity contribution in [3.05, 3.63) is 136 Å². The number of non-ortho nitro benzene ring substituents is 1. The molecule has 0 fully saturated rings. The molecule has 1 aliphatic heterocycles. The topological polar surface area (TPSA) is 96.0 Å². The van der Waals surface area contributed by atoms with Gasteiger partial charge >= 0.3 is 0 Å².